The number of ether oxygens (including phenoxy) is 3. The first-order chi connectivity index (χ1) is 17.1. The average Bonchev–Trinajstić information content (AvgIpc) is 2.83. The molecule has 0 aliphatic heterocycles. The Hall–Kier alpha value is -4.47. The van der Waals surface area contributed by atoms with Crippen molar-refractivity contribution >= 4 is 29.4 Å². The highest BCUT2D eigenvalue weighted by atomic mass is 19.4. The molecule has 0 fully saturated rings. The van der Waals surface area contributed by atoms with Gasteiger partial charge in [-0.15, -0.1) is 0 Å². The van der Waals surface area contributed by atoms with Crippen LogP contribution in [-0.2, 0) is 16.0 Å². The fourth-order valence-corrected chi connectivity index (χ4v) is 2.98. The van der Waals surface area contributed by atoms with Crippen LogP contribution in [0, 0.1) is 0 Å². The number of esters is 2. The number of hydrogen-bond acceptors (Lipinski definition) is 7. The Balaban J connectivity index is 1.45. The van der Waals surface area contributed by atoms with Gasteiger partial charge in [0, 0.05) is 23.9 Å². The summed E-state index contributed by atoms with van der Waals surface area (Å²) in [5.74, 6) is -0.987. The first kappa shape index (κ1) is 26.1. The first-order valence-electron chi connectivity index (χ1n) is 10.7. The van der Waals surface area contributed by atoms with E-state index in [2.05, 4.69) is 4.74 Å². The molecule has 0 heterocycles. The Morgan fingerprint density at radius 1 is 0.889 bits per heavy atom. The molecule has 0 radical (unpaired) electrons. The van der Waals surface area contributed by atoms with E-state index in [9.17, 15) is 22.8 Å². The van der Waals surface area contributed by atoms with E-state index in [-0.39, 0.29) is 23.7 Å². The maximum atomic E-state index is 12.3. The van der Waals surface area contributed by atoms with Crippen LogP contribution in [0.3, 0.4) is 0 Å². The molecule has 0 atom stereocenters. The zero-order chi connectivity index (χ0) is 26.1. The van der Waals surface area contributed by atoms with Crippen LogP contribution in [-0.4, -0.2) is 31.3 Å². The van der Waals surface area contributed by atoms with E-state index in [0.717, 1.165) is 5.56 Å². The van der Waals surface area contributed by atoms with Gasteiger partial charge in [-0.05, 0) is 65.7 Å². The smallest absolute Gasteiger partial charge is 0.422 e. The minimum Gasteiger partial charge on any atom is -0.484 e. The van der Waals surface area contributed by atoms with Crippen LogP contribution < -0.4 is 20.9 Å². The highest BCUT2D eigenvalue weighted by molar-refractivity contribution is 5.91. The second kappa shape index (κ2) is 11.8. The molecule has 0 saturated heterocycles. The lowest BCUT2D eigenvalue weighted by Gasteiger charge is -2.09. The zero-order valence-electron chi connectivity index (χ0n) is 19.0. The molecular weight excluding hydrogens is 477 g/mol. The van der Waals surface area contributed by atoms with Crippen LogP contribution in [0.25, 0.3) is 6.08 Å². The lowest BCUT2D eigenvalue weighted by atomic mass is 10.1. The van der Waals surface area contributed by atoms with Gasteiger partial charge in [0.1, 0.15) is 11.5 Å². The molecule has 0 spiro atoms. The molecule has 3 aromatic carbocycles. The molecule has 4 N–H and O–H groups in total. The van der Waals surface area contributed by atoms with Crippen molar-refractivity contribution in [2.75, 3.05) is 24.7 Å². The van der Waals surface area contributed by atoms with Crippen LogP contribution in [0.15, 0.2) is 72.8 Å². The van der Waals surface area contributed by atoms with E-state index in [1.807, 2.05) is 0 Å². The number of nitrogen functional groups attached to an aromatic ring is 2. The fourth-order valence-electron chi connectivity index (χ4n) is 2.98. The molecule has 10 heteroatoms. The van der Waals surface area contributed by atoms with Crippen molar-refractivity contribution in [2.24, 2.45) is 0 Å². The lowest BCUT2D eigenvalue weighted by molar-refractivity contribution is -0.153. The summed E-state index contributed by atoms with van der Waals surface area (Å²) in [7, 11) is 0. The number of carbonyl (C=O) groups is 2. The van der Waals surface area contributed by atoms with E-state index >= 15 is 0 Å². The fraction of sp³-hybridized carbons (Fsp3) is 0.154. The van der Waals surface area contributed by atoms with Crippen LogP contribution in [0.2, 0.25) is 0 Å². The van der Waals surface area contributed by atoms with E-state index in [1.54, 1.807) is 36.4 Å². The Bertz CT molecular complexity index is 1220. The minimum atomic E-state index is -4.45. The monoisotopic (exact) mass is 500 g/mol. The predicted molar refractivity (Wildman–Crippen MR) is 128 cm³/mol. The standard InChI is InChI=1S/C26H23F3N2O5/c27-26(28,29)16-35-21-10-5-19(6-11-21)25(33)36-22-8-1-17(2-9-22)3-12-24(32)34-14-13-18-4-7-20(30)15-23(18)31/h1-12,15H,13-14,16,30-31H2. The Kier molecular flexibility index (Phi) is 8.56. The molecule has 188 valence electrons. The molecule has 0 aliphatic rings. The lowest BCUT2D eigenvalue weighted by Crippen LogP contribution is -2.19. The third kappa shape index (κ3) is 8.39. The maximum absolute atomic E-state index is 12.3. The van der Waals surface area contributed by atoms with Gasteiger partial charge >= 0.3 is 18.1 Å². The number of benzene rings is 3. The van der Waals surface area contributed by atoms with Gasteiger partial charge in [-0.25, -0.2) is 9.59 Å². The second-order valence-electron chi connectivity index (χ2n) is 7.60. The molecule has 36 heavy (non-hydrogen) atoms. The molecule has 0 aliphatic carbocycles. The van der Waals surface area contributed by atoms with E-state index in [1.165, 1.54) is 42.5 Å². The minimum absolute atomic E-state index is 0.0204. The van der Waals surface area contributed by atoms with Gasteiger partial charge in [0.05, 0.1) is 12.2 Å². The quantitative estimate of drug-likeness (QED) is 0.188. The SMILES string of the molecule is Nc1ccc(CCOC(=O)C=Cc2ccc(OC(=O)c3ccc(OCC(F)(F)F)cc3)cc2)c(N)c1. The van der Waals surface area contributed by atoms with Crippen LogP contribution >= 0.6 is 0 Å². The highest BCUT2D eigenvalue weighted by Crippen LogP contribution is 2.20. The van der Waals surface area contributed by atoms with Gasteiger partial charge in [0.15, 0.2) is 6.61 Å². The number of carbonyl (C=O) groups excluding carboxylic acids is 2. The summed E-state index contributed by atoms with van der Waals surface area (Å²) >= 11 is 0. The van der Waals surface area contributed by atoms with E-state index < -0.39 is 24.7 Å². The van der Waals surface area contributed by atoms with Gasteiger partial charge in [0.2, 0.25) is 0 Å². The number of alkyl halides is 3. The van der Waals surface area contributed by atoms with Crippen molar-refractivity contribution in [1.82, 2.24) is 0 Å². The molecule has 0 saturated carbocycles. The largest absolute Gasteiger partial charge is 0.484 e. The van der Waals surface area contributed by atoms with Crippen molar-refractivity contribution in [2.45, 2.75) is 12.6 Å². The first-order valence-corrected chi connectivity index (χ1v) is 10.7. The maximum Gasteiger partial charge on any atom is 0.422 e. The summed E-state index contributed by atoms with van der Waals surface area (Å²) in [6, 6.07) is 16.6. The Labute approximate surface area is 205 Å². The summed E-state index contributed by atoms with van der Waals surface area (Å²) in [4.78, 5) is 24.2. The molecule has 0 amide bonds. The number of hydrogen-bond donors (Lipinski definition) is 2. The van der Waals surface area contributed by atoms with Gasteiger partial charge in [0.25, 0.3) is 0 Å². The van der Waals surface area contributed by atoms with Gasteiger partial charge in [-0.3, -0.25) is 0 Å². The summed E-state index contributed by atoms with van der Waals surface area (Å²) in [5.41, 5.74) is 14.3. The van der Waals surface area contributed by atoms with E-state index in [4.69, 9.17) is 20.9 Å². The zero-order valence-corrected chi connectivity index (χ0v) is 19.0. The molecule has 3 aromatic rings. The topological polar surface area (TPSA) is 114 Å². The number of rotatable bonds is 9. The molecule has 0 bridgehead atoms. The van der Waals surface area contributed by atoms with Crippen LogP contribution in [0.5, 0.6) is 11.5 Å². The van der Waals surface area contributed by atoms with Crippen molar-refractivity contribution in [1.29, 1.82) is 0 Å². The second-order valence-corrected chi connectivity index (χ2v) is 7.60. The summed E-state index contributed by atoms with van der Waals surface area (Å²) < 4.78 is 51.6. The number of anilines is 2. The average molecular weight is 500 g/mol. The third-order valence-corrected chi connectivity index (χ3v) is 4.78. The van der Waals surface area contributed by atoms with Crippen LogP contribution in [0.1, 0.15) is 21.5 Å². The van der Waals surface area contributed by atoms with Crippen LogP contribution in [0.4, 0.5) is 24.5 Å². The predicted octanol–water partition coefficient (Wildman–Crippen LogP) is 4.81. The highest BCUT2D eigenvalue weighted by Gasteiger charge is 2.28. The number of halogens is 3. The van der Waals surface area contributed by atoms with Crippen molar-refractivity contribution in [3.8, 4) is 11.5 Å². The van der Waals surface area contributed by atoms with Crippen molar-refractivity contribution in [3.05, 3.63) is 89.5 Å². The molecule has 7 nitrogen and oxygen atoms in total. The normalized spacial score (nSPS) is 11.3. The molecule has 3 rings (SSSR count). The molecule has 0 unspecified atom stereocenters. The van der Waals surface area contributed by atoms with E-state index in [0.29, 0.717) is 23.4 Å². The summed E-state index contributed by atoms with van der Waals surface area (Å²) in [6.07, 6.45) is -1.18. The summed E-state index contributed by atoms with van der Waals surface area (Å²) in [5, 5.41) is 0. The molecule has 0 aromatic heterocycles. The van der Waals surface area contributed by atoms with Crippen molar-refractivity contribution < 1.29 is 37.0 Å². The Morgan fingerprint density at radius 2 is 1.56 bits per heavy atom. The van der Waals surface area contributed by atoms with Gasteiger partial charge in [-0.2, -0.15) is 13.2 Å². The Morgan fingerprint density at radius 3 is 2.19 bits per heavy atom. The number of nitrogens with two attached hydrogens (primary N) is 2. The van der Waals surface area contributed by atoms with Gasteiger partial charge in [-0.1, -0.05) is 18.2 Å². The van der Waals surface area contributed by atoms with Gasteiger partial charge < -0.3 is 25.7 Å². The molecular formula is C26H23F3N2O5. The third-order valence-electron chi connectivity index (χ3n) is 4.78. The van der Waals surface area contributed by atoms with Crippen molar-refractivity contribution in [3.63, 3.8) is 0 Å². The summed E-state index contributed by atoms with van der Waals surface area (Å²) in [6.45, 7) is -1.27.